The van der Waals surface area contributed by atoms with Gasteiger partial charge >= 0.3 is 0 Å². The number of guanidine groups is 1. The molecule has 0 spiro atoms. The Bertz CT molecular complexity index is 765. The lowest BCUT2D eigenvalue weighted by molar-refractivity contribution is -0.0667. The van der Waals surface area contributed by atoms with Gasteiger partial charge in [0.05, 0.1) is 0 Å². The normalized spacial score (nSPS) is 18.5. The van der Waals surface area contributed by atoms with E-state index in [1.54, 1.807) is 6.20 Å². The Morgan fingerprint density at radius 2 is 2.12 bits per heavy atom. The summed E-state index contributed by atoms with van der Waals surface area (Å²) in [5, 5.41) is 7.43. The number of pyridine rings is 1. The number of nitrogens with zero attached hydrogens (tertiary/aromatic N) is 5. The Morgan fingerprint density at radius 1 is 1.31 bits per heavy atom. The summed E-state index contributed by atoms with van der Waals surface area (Å²) < 4.78 is 5.30. The van der Waals surface area contributed by atoms with Crippen LogP contribution in [0, 0.1) is 5.41 Å². The third-order valence-electron chi connectivity index (χ3n) is 5.42. The Labute approximate surface area is 154 Å². The van der Waals surface area contributed by atoms with Crippen molar-refractivity contribution in [2.45, 2.75) is 46.6 Å². The van der Waals surface area contributed by atoms with Crippen LogP contribution in [0.2, 0.25) is 0 Å². The van der Waals surface area contributed by atoms with Crippen LogP contribution in [0.3, 0.4) is 0 Å². The zero-order valence-corrected chi connectivity index (χ0v) is 16.3. The van der Waals surface area contributed by atoms with Crippen molar-refractivity contribution in [2.24, 2.45) is 10.4 Å². The molecule has 1 fully saturated rings. The topological polar surface area (TPSA) is 79.4 Å². The number of aromatic nitrogens is 3. The van der Waals surface area contributed by atoms with Gasteiger partial charge in [-0.3, -0.25) is 9.98 Å². The van der Waals surface area contributed by atoms with E-state index in [-0.39, 0.29) is 11.0 Å². The van der Waals surface area contributed by atoms with Crippen molar-refractivity contribution in [1.82, 2.24) is 25.3 Å². The molecule has 1 N–H and O–H groups in total. The first kappa shape index (κ1) is 18.4. The highest BCUT2D eigenvalue weighted by Crippen LogP contribution is 2.46. The predicted molar refractivity (Wildman–Crippen MR) is 102 cm³/mol. The molecule has 0 radical (unpaired) electrons. The molecule has 0 aliphatic carbocycles. The Hall–Kier alpha value is -2.44. The molecule has 0 unspecified atom stereocenters. The average Bonchev–Trinajstić information content (AvgIpc) is 3.09. The van der Waals surface area contributed by atoms with E-state index in [0.29, 0.717) is 30.4 Å². The van der Waals surface area contributed by atoms with E-state index in [4.69, 9.17) is 9.52 Å². The van der Waals surface area contributed by atoms with E-state index in [9.17, 15) is 0 Å². The number of aliphatic imine (C=N–C) groups is 1. The average molecular weight is 356 g/mol. The summed E-state index contributed by atoms with van der Waals surface area (Å²) in [6.45, 7) is 13.7. The van der Waals surface area contributed by atoms with E-state index < -0.39 is 0 Å². The molecule has 26 heavy (non-hydrogen) atoms. The monoisotopic (exact) mass is 356 g/mol. The predicted octanol–water partition coefficient (Wildman–Crippen LogP) is 2.76. The van der Waals surface area contributed by atoms with Gasteiger partial charge in [0.2, 0.25) is 0 Å². The SMILES string of the molecule is CCNC(=NCCc1noc(-c2ccccn2)n1)N1CC(C)(C)C1(C)C. The summed E-state index contributed by atoms with van der Waals surface area (Å²) in [6, 6.07) is 5.61. The van der Waals surface area contributed by atoms with Crippen molar-refractivity contribution in [3.63, 3.8) is 0 Å². The molecular weight excluding hydrogens is 328 g/mol. The van der Waals surface area contributed by atoms with Gasteiger partial charge in [-0.25, -0.2) is 0 Å². The first-order valence-electron chi connectivity index (χ1n) is 9.15. The number of rotatable bonds is 5. The maximum Gasteiger partial charge on any atom is 0.276 e. The van der Waals surface area contributed by atoms with Gasteiger partial charge in [-0.1, -0.05) is 25.1 Å². The van der Waals surface area contributed by atoms with Crippen LogP contribution in [-0.2, 0) is 6.42 Å². The molecule has 7 heteroatoms. The summed E-state index contributed by atoms with van der Waals surface area (Å²) in [6.07, 6.45) is 2.34. The molecule has 0 atom stereocenters. The maximum atomic E-state index is 5.30. The first-order chi connectivity index (χ1) is 12.3. The molecule has 3 heterocycles. The summed E-state index contributed by atoms with van der Waals surface area (Å²) in [5.74, 6) is 2.04. The van der Waals surface area contributed by atoms with E-state index in [1.807, 2.05) is 18.2 Å². The standard InChI is InChI=1S/C19H28N6O/c1-6-20-17(25-13-18(2,3)19(25,4)5)22-12-10-15-23-16(26-24-15)14-9-7-8-11-21-14/h7-9,11H,6,10,12-13H2,1-5H3,(H,20,22). The van der Waals surface area contributed by atoms with Crippen LogP contribution in [-0.4, -0.2) is 51.2 Å². The van der Waals surface area contributed by atoms with Gasteiger partial charge in [-0.05, 0) is 32.9 Å². The number of hydrogen-bond acceptors (Lipinski definition) is 5. The second-order valence-electron chi connectivity index (χ2n) is 7.75. The second-order valence-corrected chi connectivity index (χ2v) is 7.75. The fraction of sp³-hybridized carbons (Fsp3) is 0.579. The van der Waals surface area contributed by atoms with Gasteiger partial charge in [0, 0.05) is 43.2 Å². The van der Waals surface area contributed by atoms with Crippen LogP contribution in [0.25, 0.3) is 11.6 Å². The fourth-order valence-electron chi connectivity index (χ4n) is 3.01. The van der Waals surface area contributed by atoms with Gasteiger partial charge in [0.15, 0.2) is 11.8 Å². The number of nitrogens with one attached hydrogen (secondary N) is 1. The lowest BCUT2D eigenvalue weighted by Gasteiger charge is -2.62. The van der Waals surface area contributed by atoms with Crippen molar-refractivity contribution in [2.75, 3.05) is 19.6 Å². The van der Waals surface area contributed by atoms with Crippen LogP contribution < -0.4 is 5.32 Å². The molecule has 0 aromatic carbocycles. The first-order valence-corrected chi connectivity index (χ1v) is 9.15. The fourth-order valence-corrected chi connectivity index (χ4v) is 3.01. The zero-order valence-electron chi connectivity index (χ0n) is 16.3. The van der Waals surface area contributed by atoms with Crippen molar-refractivity contribution in [1.29, 1.82) is 0 Å². The molecule has 0 saturated carbocycles. The molecule has 0 amide bonds. The molecule has 2 aromatic heterocycles. The van der Waals surface area contributed by atoms with Crippen LogP contribution in [0.15, 0.2) is 33.9 Å². The van der Waals surface area contributed by atoms with E-state index in [1.165, 1.54) is 0 Å². The summed E-state index contributed by atoms with van der Waals surface area (Å²) in [4.78, 5) is 15.7. The molecule has 0 bridgehead atoms. The van der Waals surface area contributed by atoms with Crippen LogP contribution >= 0.6 is 0 Å². The van der Waals surface area contributed by atoms with Gasteiger partial charge in [0.1, 0.15) is 5.69 Å². The molecule has 2 aromatic rings. The zero-order chi connectivity index (χ0) is 18.8. The highest BCUT2D eigenvalue weighted by atomic mass is 16.5. The van der Waals surface area contributed by atoms with Gasteiger partial charge < -0.3 is 14.7 Å². The number of likely N-dealkylation sites (tertiary alicyclic amines) is 1. The summed E-state index contributed by atoms with van der Waals surface area (Å²) in [5.41, 5.74) is 1.04. The molecule has 7 nitrogen and oxygen atoms in total. The minimum Gasteiger partial charge on any atom is -0.356 e. The molecule has 140 valence electrons. The van der Waals surface area contributed by atoms with Gasteiger partial charge in [0.25, 0.3) is 5.89 Å². The van der Waals surface area contributed by atoms with Crippen LogP contribution in [0.4, 0.5) is 0 Å². The van der Waals surface area contributed by atoms with E-state index in [0.717, 1.165) is 19.0 Å². The van der Waals surface area contributed by atoms with E-state index in [2.05, 4.69) is 60.0 Å². The quantitative estimate of drug-likeness (QED) is 0.655. The number of hydrogen-bond donors (Lipinski definition) is 1. The van der Waals surface area contributed by atoms with E-state index >= 15 is 0 Å². The Morgan fingerprint density at radius 3 is 2.73 bits per heavy atom. The Kier molecular flexibility index (Phi) is 4.98. The lowest BCUT2D eigenvalue weighted by Crippen LogP contribution is -2.72. The molecule has 3 rings (SSSR count). The van der Waals surface area contributed by atoms with Gasteiger partial charge in [-0.2, -0.15) is 4.98 Å². The Balaban J connectivity index is 1.64. The van der Waals surface area contributed by atoms with Crippen molar-refractivity contribution >= 4 is 5.96 Å². The van der Waals surface area contributed by atoms with Crippen LogP contribution in [0.5, 0.6) is 0 Å². The highest BCUT2D eigenvalue weighted by molar-refractivity contribution is 5.82. The van der Waals surface area contributed by atoms with Crippen LogP contribution in [0.1, 0.15) is 40.4 Å². The molecule has 1 saturated heterocycles. The van der Waals surface area contributed by atoms with Crippen molar-refractivity contribution in [3.05, 3.63) is 30.2 Å². The summed E-state index contributed by atoms with van der Waals surface area (Å²) >= 11 is 0. The highest BCUT2D eigenvalue weighted by Gasteiger charge is 2.53. The lowest BCUT2D eigenvalue weighted by atomic mass is 9.65. The third-order valence-corrected chi connectivity index (χ3v) is 5.42. The largest absolute Gasteiger partial charge is 0.356 e. The minimum absolute atomic E-state index is 0.0757. The third kappa shape index (κ3) is 3.43. The summed E-state index contributed by atoms with van der Waals surface area (Å²) in [7, 11) is 0. The smallest absolute Gasteiger partial charge is 0.276 e. The molecule has 1 aliphatic heterocycles. The molecule has 1 aliphatic rings. The molecular formula is C19H28N6O. The minimum atomic E-state index is 0.0757. The van der Waals surface area contributed by atoms with Crippen molar-refractivity contribution in [3.8, 4) is 11.6 Å². The van der Waals surface area contributed by atoms with Gasteiger partial charge in [-0.15, -0.1) is 0 Å². The van der Waals surface area contributed by atoms with Crippen molar-refractivity contribution < 1.29 is 4.52 Å². The second kappa shape index (κ2) is 7.05. The maximum absolute atomic E-state index is 5.30.